The van der Waals surface area contributed by atoms with Gasteiger partial charge in [0.15, 0.2) is 0 Å². The summed E-state index contributed by atoms with van der Waals surface area (Å²) in [4.78, 5) is 25.6. The van der Waals surface area contributed by atoms with Crippen molar-refractivity contribution < 1.29 is 9.21 Å². The van der Waals surface area contributed by atoms with Crippen molar-refractivity contribution in [1.82, 2.24) is 15.5 Å². The average Bonchev–Trinajstić information content (AvgIpc) is 3.47. The summed E-state index contributed by atoms with van der Waals surface area (Å²) in [6, 6.07) is 17.6. The zero-order valence-electron chi connectivity index (χ0n) is 21.0. The number of rotatable bonds is 9. The van der Waals surface area contributed by atoms with Gasteiger partial charge in [-0.1, -0.05) is 43.7 Å². The lowest BCUT2D eigenvalue weighted by molar-refractivity contribution is 0.0941. The number of para-hydroxylation sites is 1. The molecule has 4 aromatic rings. The highest BCUT2D eigenvalue weighted by atomic mass is 16.3. The third-order valence-corrected chi connectivity index (χ3v) is 6.93. The van der Waals surface area contributed by atoms with E-state index in [4.69, 9.17) is 4.42 Å². The number of H-pyrrole nitrogens is 1. The predicted molar refractivity (Wildman–Crippen MR) is 144 cm³/mol. The Bertz CT molecular complexity index is 1430. The number of aromatic amines is 1. The summed E-state index contributed by atoms with van der Waals surface area (Å²) in [6.45, 7) is 2.15. The molecule has 0 bridgehead atoms. The number of carbonyl (C=O) groups excluding carboxylic acids is 1. The largest absolute Gasteiger partial charge is 0.472 e. The van der Waals surface area contributed by atoms with E-state index in [0.717, 1.165) is 72.2 Å². The molecule has 0 spiro atoms. The van der Waals surface area contributed by atoms with Gasteiger partial charge in [0.25, 0.3) is 11.5 Å². The van der Waals surface area contributed by atoms with Crippen LogP contribution in [-0.4, -0.2) is 16.1 Å². The summed E-state index contributed by atoms with van der Waals surface area (Å²) in [5.74, 6) is -0.190. The molecule has 0 aliphatic heterocycles. The maximum Gasteiger partial charge on any atom is 0.267 e. The molecule has 0 radical (unpaired) electrons. The molecule has 37 heavy (non-hydrogen) atoms. The Morgan fingerprint density at radius 2 is 1.92 bits per heavy atom. The van der Waals surface area contributed by atoms with Crippen molar-refractivity contribution in [2.45, 2.75) is 58.0 Å². The maximum absolute atomic E-state index is 13.4. The Morgan fingerprint density at radius 1 is 1.08 bits per heavy atom. The zero-order valence-corrected chi connectivity index (χ0v) is 21.0. The van der Waals surface area contributed by atoms with Crippen LogP contribution in [0.5, 0.6) is 0 Å². The van der Waals surface area contributed by atoms with E-state index in [1.54, 1.807) is 12.5 Å². The van der Waals surface area contributed by atoms with Gasteiger partial charge in [0, 0.05) is 28.8 Å². The highest BCUT2D eigenvalue weighted by Gasteiger charge is 2.20. The first-order valence-corrected chi connectivity index (χ1v) is 13.0. The Balaban J connectivity index is 1.36. The van der Waals surface area contributed by atoms with Crippen molar-refractivity contribution in [3.05, 3.63) is 117 Å². The van der Waals surface area contributed by atoms with Crippen LogP contribution in [0.1, 0.15) is 76.2 Å². The molecule has 7 heteroatoms. The van der Waals surface area contributed by atoms with Crippen molar-refractivity contribution in [2.75, 3.05) is 5.32 Å². The summed E-state index contributed by atoms with van der Waals surface area (Å²) in [5, 5.41) is 13.6. The second kappa shape index (κ2) is 11.3. The summed E-state index contributed by atoms with van der Waals surface area (Å²) in [5.41, 5.74) is 7.29. The molecule has 2 aromatic carbocycles. The molecule has 7 nitrogen and oxygen atoms in total. The number of amides is 1. The molecule has 1 aliphatic rings. The Kier molecular flexibility index (Phi) is 7.49. The molecule has 1 amide bonds. The van der Waals surface area contributed by atoms with Crippen LogP contribution >= 0.6 is 0 Å². The molecular weight excluding hydrogens is 464 g/mol. The van der Waals surface area contributed by atoms with Crippen LogP contribution in [0.15, 0.2) is 76.3 Å². The number of furan rings is 1. The first-order chi connectivity index (χ1) is 18.1. The van der Waals surface area contributed by atoms with E-state index in [0.29, 0.717) is 12.0 Å². The molecule has 3 N–H and O–H groups in total. The molecule has 1 atom stereocenters. The molecule has 0 fully saturated rings. The molecular formula is C30H32N4O3. The monoisotopic (exact) mass is 496 g/mol. The molecule has 0 saturated carbocycles. The van der Waals surface area contributed by atoms with Gasteiger partial charge in [0.05, 0.1) is 18.2 Å². The van der Waals surface area contributed by atoms with E-state index < -0.39 is 6.17 Å². The lowest BCUT2D eigenvalue weighted by Crippen LogP contribution is -2.33. The summed E-state index contributed by atoms with van der Waals surface area (Å²) >= 11 is 0. The number of fused-ring (bicyclic) bond motifs is 1. The highest BCUT2D eigenvalue weighted by molar-refractivity contribution is 5.94. The van der Waals surface area contributed by atoms with Gasteiger partial charge in [-0.2, -0.15) is 5.10 Å². The number of hydrogen-bond donors (Lipinski definition) is 3. The Morgan fingerprint density at radius 3 is 2.73 bits per heavy atom. The minimum atomic E-state index is -0.458. The SMILES string of the molecule is CCCc1ccccc1NC(NC(=O)c1cccc(Cc2n[nH]c(=O)c3c2CCCC3)c1)c1ccoc1. The standard InChI is InChI=1S/C30H32N4O3/c1-2-8-21-10-3-6-14-26(21)31-28(23-15-16-37-19-23)32-29(35)22-11-7-9-20(17-22)18-27-24-12-4-5-13-25(24)30(36)34-33-27/h3,6-7,9-11,14-17,19,28,31H,2,4-5,8,12-13,18H2,1H3,(H,32,35)(H,34,36). The van der Waals surface area contributed by atoms with E-state index in [1.807, 2.05) is 48.5 Å². The molecule has 1 unspecified atom stereocenters. The molecule has 1 aliphatic carbocycles. The Labute approximate surface area is 216 Å². The fraction of sp³-hybridized carbons (Fsp3) is 0.300. The van der Waals surface area contributed by atoms with Gasteiger partial charge < -0.3 is 15.1 Å². The fourth-order valence-corrected chi connectivity index (χ4v) is 5.05. The first kappa shape index (κ1) is 24.6. The normalized spacial score (nSPS) is 13.5. The molecule has 5 rings (SSSR count). The average molecular weight is 497 g/mol. The van der Waals surface area contributed by atoms with Crippen molar-refractivity contribution in [1.29, 1.82) is 0 Å². The van der Waals surface area contributed by atoms with Crippen LogP contribution in [0.2, 0.25) is 0 Å². The summed E-state index contributed by atoms with van der Waals surface area (Å²) < 4.78 is 5.31. The van der Waals surface area contributed by atoms with Crippen molar-refractivity contribution >= 4 is 11.6 Å². The second-order valence-corrected chi connectivity index (χ2v) is 9.56. The van der Waals surface area contributed by atoms with E-state index >= 15 is 0 Å². The van der Waals surface area contributed by atoms with Gasteiger partial charge in [0.2, 0.25) is 0 Å². The molecule has 2 heterocycles. The number of nitrogens with one attached hydrogen (secondary N) is 3. The summed E-state index contributed by atoms with van der Waals surface area (Å²) in [6.07, 6.45) is 9.09. The van der Waals surface area contributed by atoms with Gasteiger partial charge >= 0.3 is 0 Å². The highest BCUT2D eigenvalue weighted by Crippen LogP contribution is 2.24. The minimum Gasteiger partial charge on any atom is -0.472 e. The van der Waals surface area contributed by atoms with Gasteiger partial charge in [-0.3, -0.25) is 9.59 Å². The topological polar surface area (TPSA) is 100 Å². The van der Waals surface area contributed by atoms with Crippen molar-refractivity contribution in [3.63, 3.8) is 0 Å². The predicted octanol–water partition coefficient (Wildman–Crippen LogP) is 5.33. The van der Waals surface area contributed by atoms with Gasteiger partial charge in [-0.15, -0.1) is 0 Å². The summed E-state index contributed by atoms with van der Waals surface area (Å²) in [7, 11) is 0. The molecule has 190 valence electrons. The smallest absolute Gasteiger partial charge is 0.267 e. The fourth-order valence-electron chi connectivity index (χ4n) is 5.05. The Hall–Kier alpha value is -4.13. The lowest BCUT2D eigenvalue weighted by Gasteiger charge is -2.22. The van der Waals surface area contributed by atoms with E-state index in [2.05, 4.69) is 33.8 Å². The van der Waals surface area contributed by atoms with Crippen molar-refractivity contribution in [3.8, 4) is 0 Å². The number of aromatic nitrogens is 2. The number of carbonyl (C=O) groups is 1. The number of aryl methyl sites for hydroxylation is 1. The van der Waals surface area contributed by atoms with Crippen LogP contribution in [0.4, 0.5) is 5.69 Å². The first-order valence-electron chi connectivity index (χ1n) is 13.0. The van der Waals surface area contributed by atoms with Crippen LogP contribution in [0.3, 0.4) is 0 Å². The van der Waals surface area contributed by atoms with Crippen molar-refractivity contribution in [2.24, 2.45) is 0 Å². The zero-order chi connectivity index (χ0) is 25.6. The number of benzene rings is 2. The number of hydrogen-bond acceptors (Lipinski definition) is 5. The third kappa shape index (κ3) is 5.66. The molecule has 0 saturated heterocycles. The number of anilines is 1. The van der Waals surface area contributed by atoms with E-state index in [-0.39, 0.29) is 11.5 Å². The van der Waals surface area contributed by atoms with Crippen LogP contribution in [0.25, 0.3) is 0 Å². The lowest BCUT2D eigenvalue weighted by atomic mass is 9.90. The third-order valence-electron chi connectivity index (χ3n) is 6.93. The van der Waals surface area contributed by atoms with Gasteiger partial charge in [0.1, 0.15) is 6.17 Å². The van der Waals surface area contributed by atoms with Crippen LogP contribution in [0, 0.1) is 0 Å². The minimum absolute atomic E-state index is 0.0788. The molecule has 2 aromatic heterocycles. The second-order valence-electron chi connectivity index (χ2n) is 9.56. The quantitative estimate of drug-likeness (QED) is 0.272. The van der Waals surface area contributed by atoms with E-state index in [9.17, 15) is 9.59 Å². The maximum atomic E-state index is 13.4. The van der Waals surface area contributed by atoms with Gasteiger partial charge in [-0.25, -0.2) is 5.10 Å². The van der Waals surface area contributed by atoms with Gasteiger partial charge in [-0.05, 0) is 73.1 Å². The van der Waals surface area contributed by atoms with Crippen LogP contribution < -0.4 is 16.2 Å². The van der Waals surface area contributed by atoms with E-state index in [1.165, 1.54) is 5.56 Å². The number of nitrogens with zero attached hydrogens (tertiary/aromatic N) is 1. The van der Waals surface area contributed by atoms with Crippen LogP contribution in [-0.2, 0) is 25.7 Å².